The molecule has 0 bridgehead atoms. The number of benzene rings is 1. The van der Waals surface area contributed by atoms with E-state index in [-0.39, 0.29) is 6.04 Å². The van der Waals surface area contributed by atoms with Gasteiger partial charge in [-0.05, 0) is 24.1 Å². The number of rotatable bonds is 5. The lowest BCUT2D eigenvalue weighted by atomic mass is 10.0. The third kappa shape index (κ3) is 3.32. The van der Waals surface area contributed by atoms with Gasteiger partial charge >= 0.3 is 0 Å². The molecule has 0 saturated carbocycles. The summed E-state index contributed by atoms with van der Waals surface area (Å²) in [6.07, 6.45) is 5.51. The Balaban J connectivity index is 1.94. The third-order valence-corrected chi connectivity index (χ3v) is 3.95. The molecule has 2 aromatic heterocycles. The average molecular weight is 310 g/mol. The summed E-state index contributed by atoms with van der Waals surface area (Å²) < 4.78 is 1.76. The first-order valence-electron chi connectivity index (χ1n) is 7.79. The van der Waals surface area contributed by atoms with E-state index in [2.05, 4.69) is 29.2 Å². The molecule has 3 rings (SSSR count). The first-order chi connectivity index (χ1) is 11.1. The highest BCUT2D eigenvalue weighted by molar-refractivity contribution is 5.80. The normalized spacial score (nSPS) is 12.7. The molecule has 0 aliphatic heterocycles. The first kappa shape index (κ1) is 15.4. The fraction of sp³-hybridized carbons (Fsp3) is 0.353. The first-order valence-corrected chi connectivity index (χ1v) is 7.79. The van der Waals surface area contributed by atoms with Gasteiger partial charge in [-0.15, -0.1) is 0 Å². The summed E-state index contributed by atoms with van der Waals surface area (Å²) in [6.45, 7) is 4.91. The van der Waals surface area contributed by atoms with E-state index in [4.69, 9.17) is 10.7 Å². The maximum Gasteiger partial charge on any atom is 0.0924 e. The Morgan fingerprint density at radius 1 is 1.22 bits per heavy atom. The zero-order valence-electron chi connectivity index (χ0n) is 13.7. The largest absolute Gasteiger partial charge is 0.381 e. The number of hydrogen-bond acceptors (Lipinski definition) is 5. The molecule has 0 aliphatic carbocycles. The minimum absolute atomic E-state index is 0.238. The molecule has 120 valence electrons. The summed E-state index contributed by atoms with van der Waals surface area (Å²) in [5.74, 6) is 0.462. The molecule has 1 unspecified atom stereocenters. The predicted octanol–water partition coefficient (Wildman–Crippen LogP) is 2.43. The molecular weight excluding hydrogens is 288 g/mol. The molecule has 0 spiro atoms. The van der Waals surface area contributed by atoms with Crippen molar-refractivity contribution >= 4 is 16.7 Å². The smallest absolute Gasteiger partial charge is 0.0924 e. The zero-order chi connectivity index (χ0) is 16.4. The fourth-order valence-electron chi connectivity index (χ4n) is 2.51. The molecule has 0 radical (unpaired) electrons. The van der Waals surface area contributed by atoms with Crippen LogP contribution in [0, 0.1) is 5.92 Å². The van der Waals surface area contributed by atoms with Crippen LogP contribution in [0.25, 0.3) is 22.3 Å². The van der Waals surface area contributed by atoms with Gasteiger partial charge in [0, 0.05) is 37.1 Å². The lowest BCUT2D eigenvalue weighted by Crippen LogP contribution is -2.33. The van der Waals surface area contributed by atoms with E-state index in [1.165, 1.54) is 0 Å². The monoisotopic (exact) mass is 310 g/mol. The summed E-state index contributed by atoms with van der Waals surface area (Å²) in [5, 5.41) is 7.66. The van der Waals surface area contributed by atoms with Gasteiger partial charge in [0.1, 0.15) is 0 Å². The Morgan fingerprint density at radius 2 is 2.04 bits per heavy atom. The van der Waals surface area contributed by atoms with E-state index in [0.717, 1.165) is 28.0 Å². The van der Waals surface area contributed by atoms with Gasteiger partial charge < -0.3 is 11.1 Å². The summed E-state index contributed by atoms with van der Waals surface area (Å²) >= 11 is 0. The van der Waals surface area contributed by atoms with E-state index in [1.54, 1.807) is 17.1 Å². The third-order valence-electron chi connectivity index (χ3n) is 3.95. The SMILES string of the molecule is CC(C)C(CN)Nc1ccc2ncc(-c3cnn(C)c3)nc2c1. The Morgan fingerprint density at radius 3 is 2.70 bits per heavy atom. The number of nitrogens with two attached hydrogens (primary N) is 1. The second-order valence-electron chi connectivity index (χ2n) is 6.09. The van der Waals surface area contributed by atoms with Crippen LogP contribution in [0.15, 0.2) is 36.8 Å². The summed E-state index contributed by atoms with van der Waals surface area (Å²) in [5.41, 5.74) is 10.4. The number of fused-ring (bicyclic) bond motifs is 1. The Kier molecular flexibility index (Phi) is 4.25. The molecular formula is C17H22N6. The van der Waals surface area contributed by atoms with E-state index < -0.39 is 0 Å². The molecule has 23 heavy (non-hydrogen) atoms. The molecule has 0 saturated heterocycles. The van der Waals surface area contributed by atoms with Crippen molar-refractivity contribution in [1.29, 1.82) is 0 Å². The highest BCUT2D eigenvalue weighted by Crippen LogP contribution is 2.22. The molecule has 1 atom stereocenters. The zero-order valence-corrected chi connectivity index (χ0v) is 13.7. The fourth-order valence-corrected chi connectivity index (χ4v) is 2.51. The van der Waals surface area contributed by atoms with Crippen molar-refractivity contribution in [3.05, 3.63) is 36.8 Å². The van der Waals surface area contributed by atoms with Gasteiger partial charge in [0.05, 0.1) is 29.1 Å². The van der Waals surface area contributed by atoms with Crippen molar-refractivity contribution in [2.24, 2.45) is 18.7 Å². The minimum Gasteiger partial charge on any atom is -0.381 e. The molecule has 6 nitrogen and oxygen atoms in total. The van der Waals surface area contributed by atoms with E-state index >= 15 is 0 Å². The molecule has 2 heterocycles. The van der Waals surface area contributed by atoms with Crippen LogP contribution in [0.1, 0.15) is 13.8 Å². The standard InChI is InChI=1S/C17H22N6/c1-11(2)16(7-18)21-13-4-5-14-15(6-13)22-17(9-19-14)12-8-20-23(3)10-12/h4-6,8-11,16,21H,7,18H2,1-3H3. The Hall–Kier alpha value is -2.47. The van der Waals surface area contributed by atoms with Gasteiger partial charge in [-0.2, -0.15) is 5.10 Å². The van der Waals surface area contributed by atoms with Crippen molar-refractivity contribution < 1.29 is 0 Å². The second kappa shape index (κ2) is 6.34. The average Bonchev–Trinajstić information content (AvgIpc) is 2.98. The Bertz CT molecular complexity index is 808. The summed E-state index contributed by atoms with van der Waals surface area (Å²) in [4.78, 5) is 9.20. The molecule has 3 N–H and O–H groups in total. The van der Waals surface area contributed by atoms with Crippen molar-refractivity contribution in [2.45, 2.75) is 19.9 Å². The van der Waals surface area contributed by atoms with E-state index in [0.29, 0.717) is 12.5 Å². The van der Waals surface area contributed by atoms with Gasteiger partial charge in [0.25, 0.3) is 0 Å². The Labute approximate surface area is 135 Å². The van der Waals surface area contributed by atoms with Gasteiger partial charge in [-0.25, -0.2) is 4.98 Å². The van der Waals surface area contributed by atoms with Crippen LogP contribution in [-0.4, -0.2) is 32.3 Å². The topological polar surface area (TPSA) is 81.6 Å². The quantitative estimate of drug-likeness (QED) is 0.756. The molecule has 6 heteroatoms. The van der Waals surface area contributed by atoms with Crippen molar-refractivity contribution in [1.82, 2.24) is 19.7 Å². The lowest BCUT2D eigenvalue weighted by Gasteiger charge is -2.21. The number of nitrogens with zero attached hydrogens (tertiary/aromatic N) is 4. The second-order valence-corrected chi connectivity index (χ2v) is 6.09. The van der Waals surface area contributed by atoms with Crippen LogP contribution in [0.5, 0.6) is 0 Å². The van der Waals surface area contributed by atoms with Crippen LogP contribution in [0.4, 0.5) is 5.69 Å². The number of aromatic nitrogens is 4. The highest BCUT2D eigenvalue weighted by atomic mass is 15.2. The number of nitrogens with one attached hydrogen (secondary N) is 1. The summed E-state index contributed by atoms with van der Waals surface area (Å²) in [7, 11) is 1.89. The van der Waals surface area contributed by atoms with Gasteiger partial charge in [0.15, 0.2) is 0 Å². The van der Waals surface area contributed by atoms with E-state index in [9.17, 15) is 0 Å². The van der Waals surface area contributed by atoms with Gasteiger partial charge in [-0.3, -0.25) is 9.67 Å². The van der Waals surface area contributed by atoms with Crippen LogP contribution in [0.3, 0.4) is 0 Å². The highest BCUT2D eigenvalue weighted by Gasteiger charge is 2.12. The molecule has 3 aromatic rings. The maximum absolute atomic E-state index is 5.84. The van der Waals surface area contributed by atoms with Crippen LogP contribution < -0.4 is 11.1 Å². The molecule has 0 fully saturated rings. The molecule has 0 aliphatic rings. The van der Waals surface area contributed by atoms with Crippen LogP contribution in [-0.2, 0) is 7.05 Å². The number of aryl methyl sites for hydroxylation is 1. The van der Waals surface area contributed by atoms with Gasteiger partial charge in [0.2, 0.25) is 0 Å². The van der Waals surface area contributed by atoms with E-state index in [1.807, 2.05) is 31.4 Å². The van der Waals surface area contributed by atoms with Crippen molar-refractivity contribution in [2.75, 3.05) is 11.9 Å². The summed E-state index contributed by atoms with van der Waals surface area (Å²) in [6, 6.07) is 6.26. The number of anilines is 1. The van der Waals surface area contributed by atoms with Crippen molar-refractivity contribution in [3.63, 3.8) is 0 Å². The van der Waals surface area contributed by atoms with Gasteiger partial charge in [-0.1, -0.05) is 13.8 Å². The molecule has 0 amide bonds. The molecule has 1 aromatic carbocycles. The van der Waals surface area contributed by atoms with Crippen LogP contribution >= 0.6 is 0 Å². The van der Waals surface area contributed by atoms with Crippen molar-refractivity contribution in [3.8, 4) is 11.3 Å². The predicted molar refractivity (Wildman–Crippen MR) is 93.0 cm³/mol. The maximum atomic E-state index is 5.84. The van der Waals surface area contributed by atoms with Crippen LogP contribution in [0.2, 0.25) is 0 Å². The lowest BCUT2D eigenvalue weighted by molar-refractivity contribution is 0.531. The minimum atomic E-state index is 0.238. The number of hydrogen-bond donors (Lipinski definition) is 2.